The highest BCUT2D eigenvalue weighted by atomic mass is 35.5. The third-order valence-electron chi connectivity index (χ3n) is 3.34. The van der Waals surface area contributed by atoms with E-state index in [1.54, 1.807) is 42.5 Å². The Morgan fingerprint density at radius 3 is 2.62 bits per heavy atom. The molecule has 0 aromatic heterocycles. The zero-order valence-corrected chi connectivity index (χ0v) is 13.3. The Balaban J connectivity index is 1.46. The molecule has 1 heterocycles. The van der Waals surface area contributed by atoms with Crippen LogP contribution in [0.3, 0.4) is 0 Å². The van der Waals surface area contributed by atoms with Gasteiger partial charge in [0.15, 0.2) is 11.5 Å². The van der Waals surface area contributed by atoms with E-state index in [1.807, 2.05) is 0 Å². The van der Waals surface area contributed by atoms with Crippen LogP contribution in [0.5, 0.6) is 11.5 Å². The number of fused-ring (bicyclic) bond motifs is 1. The lowest BCUT2D eigenvalue weighted by molar-refractivity contribution is -0.143. The summed E-state index contributed by atoms with van der Waals surface area (Å²) in [6.07, 6.45) is 0. The lowest BCUT2D eigenvalue weighted by Gasteiger charge is -2.07. The molecule has 2 aromatic rings. The molecule has 0 bridgehead atoms. The fourth-order valence-corrected chi connectivity index (χ4v) is 2.23. The molecule has 2 aromatic carbocycles. The van der Waals surface area contributed by atoms with E-state index in [1.165, 1.54) is 0 Å². The van der Waals surface area contributed by atoms with Gasteiger partial charge in [0.1, 0.15) is 13.2 Å². The van der Waals surface area contributed by atoms with Gasteiger partial charge in [-0.15, -0.1) is 0 Å². The first kappa shape index (κ1) is 16.1. The number of ether oxygens (including phenoxy) is 3. The van der Waals surface area contributed by atoms with Gasteiger partial charge in [0.2, 0.25) is 6.79 Å². The Labute approximate surface area is 143 Å². The van der Waals surface area contributed by atoms with E-state index in [0.29, 0.717) is 22.1 Å². The molecule has 24 heavy (non-hydrogen) atoms. The van der Waals surface area contributed by atoms with Crippen LogP contribution < -0.4 is 14.8 Å². The maximum absolute atomic E-state index is 11.9. The van der Waals surface area contributed by atoms with Crippen molar-refractivity contribution in [2.45, 2.75) is 6.61 Å². The van der Waals surface area contributed by atoms with Crippen molar-refractivity contribution >= 4 is 23.5 Å². The fourth-order valence-electron chi connectivity index (χ4n) is 2.10. The SMILES string of the molecule is O=C(CNC(=O)c1ccc(Cl)cc1)OCc1ccc2c(c1)OCO2. The molecular formula is C17H14ClNO5. The highest BCUT2D eigenvalue weighted by molar-refractivity contribution is 6.30. The summed E-state index contributed by atoms with van der Waals surface area (Å²) < 4.78 is 15.6. The van der Waals surface area contributed by atoms with Crippen LogP contribution in [0.15, 0.2) is 42.5 Å². The predicted molar refractivity (Wildman–Crippen MR) is 86.1 cm³/mol. The van der Waals surface area contributed by atoms with Crippen molar-refractivity contribution in [3.05, 3.63) is 58.6 Å². The lowest BCUT2D eigenvalue weighted by atomic mass is 10.2. The summed E-state index contributed by atoms with van der Waals surface area (Å²) in [5.74, 6) is 0.390. The van der Waals surface area contributed by atoms with Gasteiger partial charge >= 0.3 is 5.97 Å². The number of esters is 1. The number of carbonyl (C=O) groups excluding carboxylic acids is 2. The molecule has 1 aliphatic heterocycles. The Morgan fingerprint density at radius 2 is 1.83 bits per heavy atom. The van der Waals surface area contributed by atoms with Gasteiger partial charge in [0.25, 0.3) is 5.91 Å². The van der Waals surface area contributed by atoms with Gasteiger partial charge in [0, 0.05) is 10.6 Å². The van der Waals surface area contributed by atoms with E-state index < -0.39 is 5.97 Å². The first-order valence-corrected chi connectivity index (χ1v) is 7.57. The van der Waals surface area contributed by atoms with Crippen LogP contribution in [0.4, 0.5) is 0 Å². The zero-order chi connectivity index (χ0) is 16.9. The lowest BCUT2D eigenvalue weighted by Crippen LogP contribution is -2.30. The summed E-state index contributed by atoms with van der Waals surface area (Å²) in [5, 5.41) is 3.03. The van der Waals surface area contributed by atoms with Crippen molar-refractivity contribution in [3.8, 4) is 11.5 Å². The smallest absolute Gasteiger partial charge is 0.325 e. The Kier molecular flexibility index (Phi) is 4.86. The largest absolute Gasteiger partial charge is 0.460 e. The van der Waals surface area contributed by atoms with E-state index in [-0.39, 0.29) is 25.9 Å². The van der Waals surface area contributed by atoms with Crippen LogP contribution in [-0.2, 0) is 16.1 Å². The molecule has 1 amide bonds. The number of carbonyl (C=O) groups is 2. The fraction of sp³-hybridized carbons (Fsp3) is 0.176. The first-order valence-electron chi connectivity index (χ1n) is 7.20. The highest BCUT2D eigenvalue weighted by Gasteiger charge is 2.14. The van der Waals surface area contributed by atoms with Crippen molar-refractivity contribution in [2.24, 2.45) is 0 Å². The summed E-state index contributed by atoms with van der Waals surface area (Å²) in [6, 6.07) is 11.7. The molecule has 0 fully saturated rings. The zero-order valence-electron chi connectivity index (χ0n) is 12.6. The number of nitrogens with one attached hydrogen (secondary N) is 1. The molecular weight excluding hydrogens is 334 g/mol. The van der Waals surface area contributed by atoms with E-state index in [4.69, 9.17) is 25.8 Å². The van der Waals surface area contributed by atoms with E-state index >= 15 is 0 Å². The highest BCUT2D eigenvalue weighted by Crippen LogP contribution is 2.32. The summed E-state index contributed by atoms with van der Waals surface area (Å²) in [7, 11) is 0. The monoisotopic (exact) mass is 347 g/mol. The summed E-state index contributed by atoms with van der Waals surface area (Å²) >= 11 is 5.76. The van der Waals surface area contributed by atoms with E-state index in [9.17, 15) is 9.59 Å². The van der Waals surface area contributed by atoms with Gasteiger partial charge in [0.05, 0.1) is 0 Å². The van der Waals surface area contributed by atoms with Gasteiger partial charge in [-0.1, -0.05) is 17.7 Å². The van der Waals surface area contributed by atoms with Gasteiger partial charge in [-0.05, 0) is 42.0 Å². The maximum Gasteiger partial charge on any atom is 0.325 e. The Hall–Kier alpha value is -2.73. The topological polar surface area (TPSA) is 73.9 Å². The first-order chi connectivity index (χ1) is 11.6. The molecule has 0 radical (unpaired) electrons. The molecule has 0 atom stereocenters. The van der Waals surface area contributed by atoms with Crippen molar-refractivity contribution < 1.29 is 23.8 Å². The normalized spacial score (nSPS) is 11.9. The molecule has 1 aliphatic rings. The van der Waals surface area contributed by atoms with Gasteiger partial charge < -0.3 is 19.5 Å². The van der Waals surface area contributed by atoms with Crippen molar-refractivity contribution in [1.82, 2.24) is 5.32 Å². The van der Waals surface area contributed by atoms with Crippen LogP contribution in [0.25, 0.3) is 0 Å². The maximum atomic E-state index is 11.9. The number of hydrogen-bond acceptors (Lipinski definition) is 5. The summed E-state index contributed by atoms with van der Waals surface area (Å²) in [4.78, 5) is 23.6. The summed E-state index contributed by atoms with van der Waals surface area (Å²) in [5.41, 5.74) is 1.19. The predicted octanol–water partition coefficient (Wildman–Crippen LogP) is 2.54. The van der Waals surface area contributed by atoms with E-state index in [0.717, 1.165) is 5.56 Å². The number of halogens is 1. The second-order valence-corrected chi connectivity index (χ2v) is 5.47. The van der Waals surface area contributed by atoms with Gasteiger partial charge in [-0.25, -0.2) is 0 Å². The molecule has 6 nitrogen and oxygen atoms in total. The molecule has 0 aliphatic carbocycles. The standard InChI is InChI=1S/C17H14ClNO5/c18-13-4-2-12(3-5-13)17(21)19-8-16(20)22-9-11-1-6-14-15(7-11)24-10-23-14/h1-7H,8-10H2,(H,19,21). The minimum absolute atomic E-state index is 0.0896. The minimum atomic E-state index is -0.532. The summed E-state index contributed by atoms with van der Waals surface area (Å²) in [6.45, 7) is 0.0631. The van der Waals surface area contributed by atoms with E-state index in [2.05, 4.69) is 5.32 Å². The quantitative estimate of drug-likeness (QED) is 0.841. The van der Waals surface area contributed by atoms with Gasteiger partial charge in [-0.3, -0.25) is 9.59 Å². The van der Waals surface area contributed by atoms with Crippen molar-refractivity contribution in [1.29, 1.82) is 0 Å². The third-order valence-corrected chi connectivity index (χ3v) is 3.59. The second kappa shape index (κ2) is 7.23. The number of amides is 1. The van der Waals surface area contributed by atoms with Crippen LogP contribution in [0.2, 0.25) is 5.02 Å². The minimum Gasteiger partial charge on any atom is -0.460 e. The Bertz CT molecular complexity index is 760. The molecule has 0 saturated carbocycles. The molecule has 0 spiro atoms. The second-order valence-electron chi connectivity index (χ2n) is 5.04. The molecule has 0 unspecified atom stereocenters. The van der Waals surface area contributed by atoms with Crippen molar-refractivity contribution in [3.63, 3.8) is 0 Å². The molecule has 124 valence electrons. The average molecular weight is 348 g/mol. The molecule has 3 rings (SSSR count). The number of hydrogen-bond donors (Lipinski definition) is 1. The molecule has 1 N–H and O–H groups in total. The molecule has 0 saturated heterocycles. The number of benzene rings is 2. The molecule has 7 heteroatoms. The van der Waals surface area contributed by atoms with Crippen LogP contribution >= 0.6 is 11.6 Å². The Morgan fingerprint density at radius 1 is 1.08 bits per heavy atom. The van der Waals surface area contributed by atoms with Crippen LogP contribution in [-0.4, -0.2) is 25.2 Å². The van der Waals surface area contributed by atoms with Crippen LogP contribution in [0, 0.1) is 0 Å². The van der Waals surface area contributed by atoms with Crippen molar-refractivity contribution in [2.75, 3.05) is 13.3 Å². The van der Waals surface area contributed by atoms with Crippen LogP contribution in [0.1, 0.15) is 15.9 Å². The van der Waals surface area contributed by atoms with Gasteiger partial charge in [-0.2, -0.15) is 0 Å². The third kappa shape index (κ3) is 3.97. The average Bonchev–Trinajstić information content (AvgIpc) is 3.06. The number of rotatable bonds is 5.